The van der Waals surface area contributed by atoms with Gasteiger partial charge in [0.1, 0.15) is 17.1 Å². The molecule has 0 saturated carbocycles. The molecule has 3 aromatic rings. The van der Waals surface area contributed by atoms with Crippen LogP contribution in [-0.2, 0) is 4.74 Å². The van der Waals surface area contributed by atoms with Gasteiger partial charge in [0.25, 0.3) is 0 Å². The molecule has 1 N–H and O–H groups in total. The van der Waals surface area contributed by atoms with E-state index in [-0.39, 0.29) is 18.0 Å². The monoisotopic (exact) mass is 367 g/mol. The number of benzene rings is 1. The molecule has 1 aliphatic rings. The molecule has 3 heterocycles. The van der Waals surface area contributed by atoms with Crippen molar-refractivity contribution in [1.82, 2.24) is 14.9 Å². The van der Waals surface area contributed by atoms with Crippen LogP contribution in [0.2, 0.25) is 0 Å². The summed E-state index contributed by atoms with van der Waals surface area (Å²) in [5.41, 5.74) is 1.40. The molecule has 1 saturated heterocycles. The summed E-state index contributed by atoms with van der Waals surface area (Å²) < 4.78 is 20.5. The zero-order chi connectivity index (χ0) is 19.0. The Kier molecular flexibility index (Phi) is 4.76. The van der Waals surface area contributed by atoms with E-state index in [9.17, 15) is 9.50 Å². The fourth-order valence-corrected chi connectivity index (χ4v) is 3.91. The van der Waals surface area contributed by atoms with E-state index in [1.54, 1.807) is 18.5 Å². The molecule has 1 fully saturated rings. The van der Waals surface area contributed by atoms with Crippen molar-refractivity contribution in [2.24, 2.45) is 0 Å². The van der Waals surface area contributed by atoms with Crippen LogP contribution in [0, 0.1) is 5.82 Å². The van der Waals surface area contributed by atoms with Crippen molar-refractivity contribution in [2.75, 3.05) is 13.1 Å². The third-order valence-electron chi connectivity index (χ3n) is 4.93. The topological polar surface area (TPSA) is 58.5 Å². The first-order chi connectivity index (χ1) is 13.0. The lowest BCUT2D eigenvalue weighted by atomic mass is 9.96. The second kappa shape index (κ2) is 7.21. The van der Waals surface area contributed by atoms with Crippen LogP contribution in [0.4, 0.5) is 4.39 Å². The highest BCUT2D eigenvalue weighted by atomic mass is 19.1. The molecule has 1 aromatic carbocycles. The molecule has 0 amide bonds. The van der Waals surface area contributed by atoms with E-state index >= 15 is 0 Å². The molecule has 4 rings (SSSR count). The van der Waals surface area contributed by atoms with E-state index in [1.165, 1.54) is 6.07 Å². The fraction of sp³-hybridized carbons (Fsp3) is 0.333. The third kappa shape index (κ3) is 3.38. The van der Waals surface area contributed by atoms with Gasteiger partial charge in [0.15, 0.2) is 0 Å². The number of nitrogens with zero attached hydrogens (tertiary/aromatic N) is 3. The van der Waals surface area contributed by atoms with Gasteiger partial charge in [-0.2, -0.15) is 0 Å². The van der Waals surface area contributed by atoms with Crippen LogP contribution in [0.15, 0.2) is 48.8 Å². The van der Waals surface area contributed by atoms with Crippen molar-refractivity contribution in [2.45, 2.75) is 32.1 Å². The van der Waals surface area contributed by atoms with Crippen molar-refractivity contribution >= 4 is 10.9 Å². The predicted octanol–water partition coefficient (Wildman–Crippen LogP) is 3.67. The van der Waals surface area contributed by atoms with Gasteiger partial charge < -0.3 is 9.84 Å². The Morgan fingerprint density at radius 2 is 1.78 bits per heavy atom. The summed E-state index contributed by atoms with van der Waals surface area (Å²) in [6, 6.07) is 9.90. The first kappa shape index (κ1) is 17.8. The average Bonchev–Trinajstić information content (AvgIpc) is 2.65. The summed E-state index contributed by atoms with van der Waals surface area (Å²) in [5, 5.41) is 11.8. The van der Waals surface area contributed by atoms with E-state index in [0.717, 1.165) is 5.39 Å². The zero-order valence-corrected chi connectivity index (χ0v) is 15.3. The second-order valence-corrected chi connectivity index (χ2v) is 7.06. The largest absolute Gasteiger partial charge is 0.505 e. The van der Waals surface area contributed by atoms with Crippen LogP contribution in [-0.4, -0.2) is 45.3 Å². The first-order valence-electron chi connectivity index (χ1n) is 9.11. The van der Waals surface area contributed by atoms with Crippen molar-refractivity contribution < 1.29 is 14.2 Å². The van der Waals surface area contributed by atoms with Gasteiger partial charge in [-0.25, -0.2) is 4.39 Å². The number of aromatic hydroxyl groups is 1. The Balaban J connectivity index is 1.88. The van der Waals surface area contributed by atoms with E-state index in [4.69, 9.17) is 4.74 Å². The van der Waals surface area contributed by atoms with E-state index in [2.05, 4.69) is 14.9 Å². The SMILES string of the molecule is CC1CN(C(c2ccc3cccnc3c2O)c2ncccc2F)CC(C)O1. The summed E-state index contributed by atoms with van der Waals surface area (Å²) in [6.45, 7) is 5.22. The molecule has 2 aromatic heterocycles. The van der Waals surface area contributed by atoms with Crippen LogP contribution < -0.4 is 0 Å². The molecule has 0 radical (unpaired) electrons. The highest BCUT2D eigenvalue weighted by Crippen LogP contribution is 2.39. The van der Waals surface area contributed by atoms with Gasteiger partial charge in [-0.15, -0.1) is 0 Å². The minimum absolute atomic E-state index is 0.00347. The van der Waals surface area contributed by atoms with Crippen molar-refractivity contribution in [3.8, 4) is 5.75 Å². The van der Waals surface area contributed by atoms with Crippen LogP contribution >= 0.6 is 0 Å². The molecule has 6 heteroatoms. The molecule has 0 spiro atoms. The normalized spacial score (nSPS) is 22.0. The number of hydrogen-bond donors (Lipinski definition) is 1. The quantitative estimate of drug-likeness (QED) is 0.765. The number of ether oxygens (including phenoxy) is 1. The van der Waals surface area contributed by atoms with E-state index < -0.39 is 11.9 Å². The van der Waals surface area contributed by atoms with Crippen LogP contribution in [0.5, 0.6) is 5.75 Å². The zero-order valence-electron chi connectivity index (χ0n) is 15.3. The highest BCUT2D eigenvalue weighted by molar-refractivity contribution is 5.85. The van der Waals surface area contributed by atoms with Gasteiger partial charge in [0, 0.05) is 36.4 Å². The van der Waals surface area contributed by atoms with Gasteiger partial charge in [0.2, 0.25) is 0 Å². The maximum atomic E-state index is 14.7. The predicted molar refractivity (Wildman–Crippen MR) is 101 cm³/mol. The van der Waals surface area contributed by atoms with Gasteiger partial charge in [-0.3, -0.25) is 14.9 Å². The van der Waals surface area contributed by atoms with Crippen molar-refractivity contribution in [3.05, 3.63) is 65.9 Å². The number of rotatable bonds is 3. The molecular weight excluding hydrogens is 345 g/mol. The number of phenols is 1. The lowest BCUT2D eigenvalue weighted by molar-refractivity contribution is -0.0773. The summed E-state index contributed by atoms with van der Waals surface area (Å²) in [6.07, 6.45) is 3.23. The summed E-state index contributed by atoms with van der Waals surface area (Å²) in [7, 11) is 0. The van der Waals surface area contributed by atoms with Gasteiger partial charge in [0.05, 0.1) is 23.9 Å². The molecule has 140 valence electrons. The van der Waals surface area contributed by atoms with Crippen LogP contribution in [0.3, 0.4) is 0 Å². The van der Waals surface area contributed by atoms with Gasteiger partial charge >= 0.3 is 0 Å². The number of pyridine rings is 2. The smallest absolute Gasteiger partial charge is 0.146 e. The van der Waals surface area contributed by atoms with Gasteiger partial charge in [-0.05, 0) is 32.0 Å². The molecule has 1 aliphatic heterocycles. The molecule has 3 atom stereocenters. The minimum Gasteiger partial charge on any atom is -0.505 e. The van der Waals surface area contributed by atoms with Gasteiger partial charge in [-0.1, -0.05) is 18.2 Å². The Morgan fingerprint density at radius 3 is 2.52 bits per heavy atom. The summed E-state index contributed by atoms with van der Waals surface area (Å²) in [5.74, 6) is -0.329. The third-order valence-corrected chi connectivity index (χ3v) is 4.93. The second-order valence-electron chi connectivity index (χ2n) is 7.06. The number of aromatic nitrogens is 2. The summed E-state index contributed by atoms with van der Waals surface area (Å²) >= 11 is 0. The minimum atomic E-state index is -0.522. The molecule has 27 heavy (non-hydrogen) atoms. The number of phenolic OH excluding ortho intramolecular Hbond substituents is 1. The van der Waals surface area contributed by atoms with Crippen molar-refractivity contribution in [3.63, 3.8) is 0 Å². The van der Waals surface area contributed by atoms with Crippen LogP contribution in [0.1, 0.15) is 31.1 Å². The number of hydrogen-bond acceptors (Lipinski definition) is 5. The highest BCUT2D eigenvalue weighted by Gasteiger charge is 2.34. The standard InChI is InChI=1S/C21H22FN3O2/c1-13-11-25(12-14(2)27-13)20(19-17(22)6-4-10-24-19)16-8-7-15-5-3-9-23-18(15)21(16)26/h3-10,13-14,20,26H,11-12H2,1-2H3. The number of fused-ring (bicyclic) bond motifs is 1. The molecular formula is C21H22FN3O2. The molecule has 3 unspecified atom stereocenters. The lowest BCUT2D eigenvalue weighted by Gasteiger charge is -2.40. The Labute approximate surface area is 157 Å². The number of morpholine rings is 1. The Bertz CT molecular complexity index is 955. The maximum Gasteiger partial charge on any atom is 0.146 e. The fourth-order valence-electron chi connectivity index (χ4n) is 3.91. The van der Waals surface area contributed by atoms with Crippen molar-refractivity contribution in [1.29, 1.82) is 0 Å². The number of halogens is 1. The molecule has 0 bridgehead atoms. The first-order valence-corrected chi connectivity index (χ1v) is 9.11. The van der Waals surface area contributed by atoms with E-state index in [0.29, 0.717) is 29.9 Å². The Morgan fingerprint density at radius 1 is 1.07 bits per heavy atom. The maximum absolute atomic E-state index is 14.7. The van der Waals surface area contributed by atoms with Crippen LogP contribution in [0.25, 0.3) is 10.9 Å². The molecule has 0 aliphatic carbocycles. The lowest BCUT2D eigenvalue weighted by Crippen LogP contribution is -2.47. The van der Waals surface area contributed by atoms with E-state index in [1.807, 2.05) is 38.1 Å². The Hall–Kier alpha value is -2.57. The summed E-state index contributed by atoms with van der Waals surface area (Å²) in [4.78, 5) is 10.7. The average molecular weight is 367 g/mol. The molecule has 5 nitrogen and oxygen atoms in total.